The molecule has 0 spiro atoms. The molecule has 0 aromatic carbocycles. The minimum atomic E-state index is 0.461. The van der Waals surface area contributed by atoms with E-state index in [1.54, 1.807) is 11.3 Å². The van der Waals surface area contributed by atoms with E-state index in [1.165, 1.54) is 0 Å². The van der Waals surface area contributed by atoms with Crippen molar-refractivity contribution in [3.05, 3.63) is 10.8 Å². The Kier molecular flexibility index (Phi) is 2.84. The highest BCUT2D eigenvalue weighted by Crippen LogP contribution is 2.27. The average molecular weight is 251 g/mol. The van der Waals surface area contributed by atoms with Gasteiger partial charge in [-0.05, 0) is 25.9 Å². The summed E-state index contributed by atoms with van der Waals surface area (Å²) in [7, 11) is 0. The molecule has 0 radical (unpaired) electrons. The van der Waals surface area contributed by atoms with Crippen LogP contribution < -0.4 is 5.32 Å². The van der Waals surface area contributed by atoms with Crippen molar-refractivity contribution >= 4 is 16.3 Å². The van der Waals surface area contributed by atoms with Crippen molar-refractivity contribution in [3.63, 3.8) is 0 Å². The van der Waals surface area contributed by atoms with E-state index >= 15 is 0 Å². The van der Waals surface area contributed by atoms with Gasteiger partial charge in [0.25, 0.3) is 0 Å². The molecule has 0 atom stereocenters. The molecule has 0 bridgehead atoms. The van der Waals surface area contributed by atoms with Crippen LogP contribution in [0.3, 0.4) is 0 Å². The summed E-state index contributed by atoms with van der Waals surface area (Å²) in [4.78, 5) is 0.933. The van der Waals surface area contributed by atoms with Crippen LogP contribution in [0.2, 0.25) is 0 Å². The first-order valence-electron chi connectivity index (χ1n) is 6.18. The van der Waals surface area contributed by atoms with Crippen LogP contribution in [0.5, 0.6) is 0 Å². The van der Waals surface area contributed by atoms with Crippen LogP contribution in [0.4, 0.5) is 0 Å². The van der Waals surface area contributed by atoms with Gasteiger partial charge < -0.3 is 5.32 Å². The molecule has 1 aliphatic heterocycles. The van der Waals surface area contributed by atoms with E-state index in [0.29, 0.717) is 11.8 Å². The fourth-order valence-corrected chi connectivity index (χ4v) is 3.06. The molecular formula is C11H17N5S. The SMILES string of the molecule is CC(C)c1nn2c(C3CCNCC3)nnc2s1. The van der Waals surface area contributed by atoms with Gasteiger partial charge in [-0.3, -0.25) is 0 Å². The van der Waals surface area contributed by atoms with Gasteiger partial charge in [0, 0.05) is 11.8 Å². The lowest BCUT2D eigenvalue weighted by molar-refractivity contribution is 0.438. The Bertz CT molecular complexity index is 509. The number of aromatic nitrogens is 4. The van der Waals surface area contributed by atoms with E-state index in [0.717, 1.165) is 41.7 Å². The molecule has 0 aliphatic carbocycles. The summed E-state index contributed by atoms with van der Waals surface area (Å²) in [6, 6.07) is 0. The van der Waals surface area contributed by atoms with Gasteiger partial charge in [-0.2, -0.15) is 9.61 Å². The van der Waals surface area contributed by atoms with Crippen LogP contribution in [0.25, 0.3) is 4.96 Å². The van der Waals surface area contributed by atoms with Gasteiger partial charge in [0.1, 0.15) is 5.01 Å². The zero-order valence-electron chi connectivity index (χ0n) is 10.2. The molecule has 5 nitrogen and oxygen atoms in total. The van der Waals surface area contributed by atoms with Crippen LogP contribution in [0, 0.1) is 0 Å². The lowest BCUT2D eigenvalue weighted by Gasteiger charge is -2.20. The van der Waals surface area contributed by atoms with E-state index in [1.807, 2.05) is 4.52 Å². The summed E-state index contributed by atoms with van der Waals surface area (Å²) in [5.41, 5.74) is 0. The zero-order valence-corrected chi connectivity index (χ0v) is 11.0. The van der Waals surface area contributed by atoms with Crippen molar-refractivity contribution in [3.8, 4) is 0 Å². The van der Waals surface area contributed by atoms with E-state index in [4.69, 9.17) is 0 Å². The first-order chi connectivity index (χ1) is 8.25. The standard InChI is InChI=1S/C11H17N5S/c1-7(2)10-15-16-9(13-14-11(16)17-10)8-3-5-12-6-4-8/h7-8,12H,3-6H2,1-2H3. The molecule has 0 saturated carbocycles. The summed E-state index contributed by atoms with van der Waals surface area (Å²) in [6.07, 6.45) is 2.27. The molecule has 3 heterocycles. The van der Waals surface area contributed by atoms with Crippen molar-refractivity contribution < 1.29 is 0 Å². The van der Waals surface area contributed by atoms with E-state index < -0.39 is 0 Å². The molecule has 2 aromatic heterocycles. The monoisotopic (exact) mass is 251 g/mol. The second kappa shape index (κ2) is 4.34. The molecule has 1 saturated heterocycles. The molecule has 17 heavy (non-hydrogen) atoms. The predicted molar refractivity (Wildman–Crippen MR) is 67.6 cm³/mol. The number of nitrogens with one attached hydrogen (secondary N) is 1. The van der Waals surface area contributed by atoms with Gasteiger partial charge in [0.15, 0.2) is 5.82 Å². The Morgan fingerprint density at radius 2 is 2.06 bits per heavy atom. The number of hydrogen-bond acceptors (Lipinski definition) is 5. The van der Waals surface area contributed by atoms with Crippen molar-refractivity contribution in [2.75, 3.05) is 13.1 Å². The van der Waals surface area contributed by atoms with E-state index in [9.17, 15) is 0 Å². The summed E-state index contributed by atoms with van der Waals surface area (Å²) in [6.45, 7) is 6.47. The van der Waals surface area contributed by atoms with Crippen molar-refractivity contribution in [1.82, 2.24) is 25.1 Å². The lowest BCUT2D eigenvalue weighted by atomic mass is 9.98. The van der Waals surface area contributed by atoms with Crippen LogP contribution >= 0.6 is 11.3 Å². The number of hydrogen-bond donors (Lipinski definition) is 1. The second-order valence-corrected chi connectivity index (χ2v) is 5.86. The number of nitrogens with zero attached hydrogens (tertiary/aromatic N) is 4. The topological polar surface area (TPSA) is 55.1 Å². The number of rotatable bonds is 2. The smallest absolute Gasteiger partial charge is 0.234 e. The Morgan fingerprint density at radius 1 is 1.29 bits per heavy atom. The zero-order chi connectivity index (χ0) is 11.8. The van der Waals surface area contributed by atoms with Crippen molar-refractivity contribution in [1.29, 1.82) is 0 Å². The maximum atomic E-state index is 4.64. The average Bonchev–Trinajstić information content (AvgIpc) is 2.89. The minimum absolute atomic E-state index is 0.461. The van der Waals surface area contributed by atoms with Gasteiger partial charge in [-0.1, -0.05) is 25.2 Å². The van der Waals surface area contributed by atoms with E-state index in [2.05, 4.69) is 34.5 Å². The highest BCUT2D eigenvalue weighted by atomic mass is 32.1. The molecule has 1 aliphatic rings. The number of fused-ring (bicyclic) bond motifs is 1. The molecule has 0 amide bonds. The fourth-order valence-electron chi connectivity index (χ4n) is 2.21. The third-order valence-corrected chi connectivity index (χ3v) is 4.43. The largest absolute Gasteiger partial charge is 0.317 e. The second-order valence-electron chi connectivity index (χ2n) is 4.87. The van der Waals surface area contributed by atoms with Crippen molar-refractivity contribution in [2.45, 2.75) is 38.5 Å². The highest BCUT2D eigenvalue weighted by molar-refractivity contribution is 7.16. The van der Waals surface area contributed by atoms with Crippen LogP contribution in [-0.2, 0) is 0 Å². The third kappa shape index (κ3) is 1.95. The summed E-state index contributed by atoms with van der Waals surface area (Å²) in [5, 5.41) is 17.7. The Morgan fingerprint density at radius 3 is 2.76 bits per heavy atom. The van der Waals surface area contributed by atoms with Gasteiger partial charge in [-0.25, -0.2) is 0 Å². The predicted octanol–water partition coefficient (Wildman–Crippen LogP) is 1.78. The molecule has 3 rings (SSSR count). The van der Waals surface area contributed by atoms with Crippen LogP contribution in [0.1, 0.15) is 49.4 Å². The molecule has 1 fully saturated rings. The Labute approximate surface area is 104 Å². The minimum Gasteiger partial charge on any atom is -0.317 e. The van der Waals surface area contributed by atoms with Gasteiger partial charge in [0.05, 0.1) is 0 Å². The quantitative estimate of drug-likeness (QED) is 0.884. The number of piperidine rings is 1. The highest BCUT2D eigenvalue weighted by Gasteiger charge is 2.22. The maximum Gasteiger partial charge on any atom is 0.234 e. The summed E-state index contributed by atoms with van der Waals surface area (Å²) >= 11 is 1.65. The van der Waals surface area contributed by atoms with Crippen LogP contribution in [-0.4, -0.2) is 32.9 Å². The Balaban J connectivity index is 1.98. The molecule has 92 valence electrons. The van der Waals surface area contributed by atoms with Crippen LogP contribution in [0.15, 0.2) is 0 Å². The summed E-state index contributed by atoms with van der Waals surface area (Å²) in [5.74, 6) is 2.01. The molecule has 1 N–H and O–H groups in total. The van der Waals surface area contributed by atoms with Gasteiger partial charge in [-0.15, -0.1) is 10.2 Å². The lowest BCUT2D eigenvalue weighted by Crippen LogP contribution is -2.27. The van der Waals surface area contributed by atoms with Crippen molar-refractivity contribution in [2.24, 2.45) is 0 Å². The molecule has 2 aromatic rings. The molecule has 6 heteroatoms. The molecular weight excluding hydrogens is 234 g/mol. The maximum absolute atomic E-state index is 4.64. The fraction of sp³-hybridized carbons (Fsp3) is 0.727. The third-order valence-electron chi connectivity index (χ3n) is 3.23. The first kappa shape index (κ1) is 11.1. The van der Waals surface area contributed by atoms with E-state index in [-0.39, 0.29) is 0 Å². The summed E-state index contributed by atoms with van der Waals surface area (Å²) < 4.78 is 1.95. The van der Waals surface area contributed by atoms with Gasteiger partial charge in [0.2, 0.25) is 4.96 Å². The van der Waals surface area contributed by atoms with Gasteiger partial charge >= 0.3 is 0 Å². The first-order valence-corrected chi connectivity index (χ1v) is 7.00. The normalized spacial score (nSPS) is 18.3. The molecule has 0 unspecified atom stereocenters. The Hall–Kier alpha value is -1.01.